The van der Waals surface area contributed by atoms with Gasteiger partial charge < -0.3 is 15.5 Å². The number of rotatable bonds is 7. The molecule has 1 aromatic carbocycles. The fraction of sp³-hybridized carbons (Fsp3) is 0.500. The Bertz CT molecular complexity index is 423. The zero-order valence-corrected chi connectivity index (χ0v) is 13.4. The molecule has 0 saturated carbocycles. The number of amides is 1. The van der Waals surface area contributed by atoms with Crippen molar-refractivity contribution in [1.82, 2.24) is 10.6 Å². The highest BCUT2D eigenvalue weighted by molar-refractivity contribution is 9.10. The second-order valence-corrected chi connectivity index (χ2v) is 5.39. The van der Waals surface area contributed by atoms with E-state index in [0.717, 1.165) is 29.7 Å². The molecule has 1 rings (SSSR count). The monoisotopic (exact) mass is 327 g/mol. The molecule has 0 heterocycles. The molecule has 0 bridgehead atoms. The average molecular weight is 328 g/mol. The Kier molecular flexibility index (Phi) is 6.87. The highest BCUT2D eigenvalue weighted by atomic mass is 79.9. The van der Waals surface area contributed by atoms with Crippen molar-refractivity contribution in [3.05, 3.63) is 28.2 Å². The lowest BCUT2D eigenvalue weighted by molar-refractivity contribution is -0.119. The van der Waals surface area contributed by atoms with E-state index in [0.29, 0.717) is 6.54 Å². The van der Waals surface area contributed by atoms with Gasteiger partial charge in [0, 0.05) is 30.8 Å². The van der Waals surface area contributed by atoms with Crippen LogP contribution in [-0.4, -0.2) is 33.1 Å². The summed E-state index contributed by atoms with van der Waals surface area (Å²) in [6.45, 7) is 4.30. The topological polar surface area (TPSA) is 44.4 Å². The number of carbonyl (C=O) groups excluding carboxylic acids is 1. The SMILES string of the molecule is CCCNCc1cc(Br)ccc1N(C)CC(=O)NC. The quantitative estimate of drug-likeness (QED) is 0.754. The van der Waals surface area contributed by atoms with Crippen molar-refractivity contribution < 1.29 is 4.79 Å². The zero-order valence-electron chi connectivity index (χ0n) is 11.8. The maximum Gasteiger partial charge on any atom is 0.239 e. The number of nitrogens with zero attached hydrogens (tertiary/aromatic N) is 1. The molecule has 0 spiro atoms. The van der Waals surface area contributed by atoms with E-state index in [-0.39, 0.29) is 5.91 Å². The van der Waals surface area contributed by atoms with Gasteiger partial charge in [-0.3, -0.25) is 4.79 Å². The molecule has 0 saturated heterocycles. The van der Waals surface area contributed by atoms with Crippen molar-refractivity contribution in [2.75, 3.05) is 32.1 Å². The number of anilines is 1. The van der Waals surface area contributed by atoms with E-state index >= 15 is 0 Å². The van der Waals surface area contributed by atoms with Gasteiger partial charge in [-0.1, -0.05) is 22.9 Å². The minimum Gasteiger partial charge on any atom is -0.365 e. The largest absolute Gasteiger partial charge is 0.365 e. The highest BCUT2D eigenvalue weighted by Gasteiger charge is 2.10. The second-order valence-electron chi connectivity index (χ2n) is 4.48. The van der Waals surface area contributed by atoms with E-state index in [1.807, 2.05) is 24.1 Å². The van der Waals surface area contributed by atoms with Crippen LogP contribution < -0.4 is 15.5 Å². The number of carbonyl (C=O) groups is 1. The summed E-state index contributed by atoms with van der Waals surface area (Å²) in [4.78, 5) is 13.4. The third-order valence-electron chi connectivity index (χ3n) is 2.85. The second kappa shape index (κ2) is 8.17. The standard InChI is InChI=1S/C14H22BrN3O/c1-4-7-17-9-11-8-12(15)5-6-13(11)18(3)10-14(19)16-2/h5-6,8,17H,4,7,9-10H2,1-3H3,(H,16,19). The molecular weight excluding hydrogens is 306 g/mol. The molecule has 1 amide bonds. The predicted octanol–water partition coefficient (Wildman–Crippen LogP) is 2.13. The van der Waals surface area contributed by atoms with E-state index in [4.69, 9.17) is 0 Å². The normalized spacial score (nSPS) is 10.3. The Morgan fingerprint density at radius 2 is 2.16 bits per heavy atom. The van der Waals surface area contributed by atoms with Gasteiger partial charge in [0.1, 0.15) is 0 Å². The zero-order chi connectivity index (χ0) is 14.3. The first-order chi connectivity index (χ1) is 9.08. The molecule has 4 nitrogen and oxygen atoms in total. The van der Waals surface area contributed by atoms with Gasteiger partial charge in [-0.05, 0) is 36.7 Å². The molecule has 106 valence electrons. The molecule has 0 aliphatic carbocycles. The number of benzene rings is 1. The van der Waals surface area contributed by atoms with Gasteiger partial charge in [-0.2, -0.15) is 0 Å². The number of nitrogens with one attached hydrogen (secondary N) is 2. The van der Waals surface area contributed by atoms with Crippen molar-refractivity contribution in [3.8, 4) is 0 Å². The van der Waals surface area contributed by atoms with Crippen molar-refractivity contribution in [2.45, 2.75) is 19.9 Å². The summed E-state index contributed by atoms with van der Waals surface area (Å²) in [5.74, 6) is 0.0119. The molecule has 1 aromatic rings. The van der Waals surface area contributed by atoms with Crippen molar-refractivity contribution in [1.29, 1.82) is 0 Å². The van der Waals surface area contributed by atoms with Crippen LogP contribution >= 0.6 is 15.9 Å². The van der Waals surface area contributed by atoms with E-state index in [9.17, 15) is 4.79 Å². The van der Waals surface area contributed by atoms with Gasteiger partial charge >= 0.3 is 0 Å². The highest BCUT2D eigenvalue weighted by Crippen LogP contribution is 2.23. The summed E-state index contributed by atoms with van der Waals surface area (Å²) in [5.41, 5.74) is 2.27. The van der Waals surface area contributed by atoms with E-state index < -0.39 is 0 Å². The van der Waals surface area contributed by atoms with Crippen molar-refractivity contribution >= 4 is 27.5 Å². The first-order valence-electron chi connectivity index (χ1n) is 6.49. The van der Waals surface area contributed by atoms with Crippen LogP contribution in [0.25, 0.3) is 0 Å². The van der Waals surface area contributed by atoms with Crippen LogP contribution in [0, 0.1) is 0 Å². The molecule has 19 heavy (non-hydrogen) atoms. The Hall–Kier alpha value is -1.07. The first kappa shape index (κ1) is 16.0. The van der Waals surface area contributed by atoms with Gasteiger partial charge in [-0.15, -0.1) is 0 Å². The lowest BCUT2D eigenvalue weighted by atomic mass is 10.1. The summed E-state index contributed by atoms with van der Waals surface area (Å²) in [6.07, 6.45) is 1.11. The predicted molar refractivity (Wildman–Crippen MR) is 83.5 cm³/mol. The van der Waals surface area contributed by atoms with Crippen LogP contribution in [0.3, 0.4) is 0 Å². The van der Waals surface area contributed by atoms with E-state index in [1.54, 1.807) is 7.05 Å². The van der Waals surface area contributed by atoms with Gasteiger partial charge in [0.15, 0.2) is 0 Å². The molecular formula is C14H22BrN3O. The lowest BCUT2D eigenvalue weighted by Gasteiger charge is -2.22. The minimum absolute atomic E-state index is 0.0119. The molecule has 0 atom stereocenters. The fourth-order valence-corrected chi connectivity index (χ4v) is 2.26. The van der Waals surface area contributed by atoms with Crippen molar-refractivity contribution in [3.63, 3.8) is 0 Å². The van der Waals surface area contributed by atoms with Gasteiger partial charge in [0.05, 0.1) is 6.54 Å². The Balaban J connectivity index is 2.82. The molecule has 0 aliphatic rings. The smallest absolute Gasteiger partial charge is 0.239 e. The van der Waals surface area contributed by atoms with Gasteiger partial charge in [0.25, 0.3) is 0 Å². The lowest BCUT2D eigenvalue weighted by Crippen LogP contribution is -2.33. The van der Waals surface area contributed by atoms with Crippen LogP contribution in [0.15, 0.2) is 22.7 Å². The van der Waals surface area contributed by atoms with Crippen LogP contribution in [0.2, 0.25) is 0 Å². The molecule has 0 aliphatic heterocycles. The summed E-state index contributed by atoms with van der Waals surface area (Å²) >= 11 is 3.49. The number of halogens is 1. The molecule has 0 fully saturated rings. The molecule has 0 aromatic heterocycles. The third-order valence-corrected chi connectivity index (χ3v) is 3.35. The summed E-state index contributed by atoms with van der Waals surface area (Å²) in [7, 11) is 3.59. The molecule has 2 N–H and O–H groups in total. The van der Waals surface area contributed by atoms with Crippen LogP contribution in [-0.2, 0) is 11.3 Å². The summed E-state index contributed by atoms with van der Waals surface area (Å²) in [6, 6.07) is 6.13. The minimum atomic E-state index is 0.0119. The fourth-order valence-electron chi connectivity index (χ4n) is 1.85. The molecule has 5 heteroatoms. The average Bonchev–Trinajstić information content (AvgIpc) is 2.38. The Morgan fingerprint density at radius 3 is 2.79 bits per heavy atom. The Labute approximate surface area is 123 Å². The maximum atomic E-state index is 11.5. The van der Waals surface area contributed by atoms with Crippen molar-refractivity contribution in [2.24, 2.45) is 0 Å². The van der Waals surface area contributed by atoms with Gasteiger partial charge in [-0.25, -0.2) is 0 Å². The number of hydrogen-bond acceptors (Lipinski definition) is 3. The van der Waals surface area contributed by atoms with Crippen LogP contribution in [0.1, 0.15) is 18.9 Å². The Morgan fingerprint density at radius 1 is 1.42 bits per heavy atom. The first-order valence-corrected chi connectivity index (χ1v) is 7.28. The van der Waals surface area contributed by atoms with Crippen LogP contribution in [0.5, 0.6) is 0 Å². The van der Waals surface area contributed by atoms with Crippen LogP contribution in [0.4, 0.5) is 5.69 Å². The van der Waals surface area contributed by atoms with E-state index in [2.05, 4.69) is 39.6 Å². The van der Waals surface area contributed by atoms with Gasteiger partial charge in [0.2, 0.25) is 5.91 Å². The number of hydrogen-bond donors (Lipinski definition) is 2. The third kappa shape index (κ3) is 5.20. The molecule has 0 unspecified atom stereocenters. The maximum absolute atomic E-state index is 11.5. The molecule has 0 radical (unpaired) electrons. The summed E-state index contributed by atoms with van der Waals surface area (Å²) < 4.78 is 1.05. The summed E-state index contributed by atoms with van der Waals surface area (Å²) in [5, 5.41) is 6.04. The van der Waals surface area contributed by atoms with E-state index in [1.165, 1.54) is 5.56 Å². The number of likely N-dealkylation sites (N-methyl/N-ethyl adjacent to an activating group) is 2.